The van der Waals surface area contributed by atoms with E-state index in [1.807, 2.05) is 24.3 Å². The highest BCUT2D eigenvalue weighted by Gasteiger charge is 2.10. The van der Waals surface area contributed by atoms with Crippen molar-refractivity contribution in [2.24, 2.45) is 0 Å². The molecule has 126 valence electrons. The van der Waals surface area contributed by atoms with Gasteiger partial charge in [-0.05, 0) is 30.2 Å². The number of amides is 1. The number of benzene rings is 1. The molecule has 2 rings (SSSR count). The summed E-state index contributed by atoms with van der Waals surface area (Å²) in [6.07, 6.45) is 1.91. The zero-order valence-corrected chi connectivity index (χ0v) is 13.9. The second kappa shape index (κ2) is 8.88. The summed E-state index contributed by atoms with van der Waals surface area (Å²) in [5.74, 6) is -0.229. The van der Waals surface area contributed by atoms with Gasteiger partial charge in [0.15, 0.2) is 6.61 Å². The number of halogens is 1. The predicted molar refractivity (Wildman–Crippen MR) is 89.2 cm³/mol. The Bertz CT molecular complexity index is 704. The fourth-order valence-corrected chi connectivity index (χ4v) is 2.12. The molecule has 1 amide bonds. The number of carbonyl (C=O) groups is 2. The lowest BCUT2D eigenvalue weighted by Crippen LogP contribution is -2.30. The van der Waals surface area contributed by atoms with E-state index in [0.717, 1.165) is 11.3 Å². The van der Waals surface area contributed by atoms with Crippen molar-refractivity contribution >= 4 is 23.5 Å². The lowest BCUT2D eigenvalue weighted by molar-refractivity contribution is -0.124. The lowest BCUT2D eigenvalue weighted by atomic mass is 10.1. The number of carbonyl (C=O) groups excluding carboxylic acids is 2. The number of para-hydroxylation sites is 1. The number of ether oxygens (including phenoxy) is 2. The van der Waals surface area contributed by atoms with Gasteiger partial charge in [-0.3, -0.25) is 4.79 Å². The van der Waals surface area contributed by atoms with Crippen LogP contribution < -0.4 is 10.1 Å². The number of rotatable bonds is 7. The van der Waals surface area contributed by atoms with Crippen molar-refractivity contribution in [1.82, 2.24) is 10.3 Å². The van der Waals surface area contributed by atoms with Crippen LogP contribution in [0.4, 0.5) is 0 Å². The van der Waals surface area contributed by atoms with Gasteiger partial charge in [0.2, 0.25) is 0 Å². The first kappa shape index (κ1) is 17.7. The Morgan fingerprint density at radius 2 is 2.00 bits per heavy atom. The second-order valence-corrected chi connectivity index (χ2v) is 5.24. The molecule has 1 aromatic heterocycles. The van der Waals surface area contributed by atoms with Crippen molar-refractivity contribution in [2.75, 3.05) is 20.3 Å². The molecular formula is C17H17ClN2O4. The molecule has 0 aliphatic carbocycles. The number of methoxy groups -OCH3 is 1. The number of pyridine rings is 1. The maximum atomic E-state index is 11.7. The smallest absolute Gasteiger partial charge is 0.340 e. The Hall–Kier alpha value is -2.60. The van der Waals surface area contributed by atoms with E-state index in [0.29, 0.717) is 13.0 Å². The minimum absolute atomic E-state index is 0.237. The SMILES string of the molecule is COc1ccccc1CCNC(=O)COC(=O)c1ccc(Cl)nc1. The van der Waals surface area contributed by atoms with Crippen molar-refractivity contribution < 1.29 is 19.1 Å². The van der Waals surface area contributed by atoms with Crippen LogP contribution in [0.3, 0.4) is 0 Å². The van der Waals surface area contributed by atoms with Gasteiger partial charge < -0.3 is 14.8 Å². The maximum Gasteiger partial charge on any atom is 0.340 e. The number of nitrogens with one attached hydrogen (secondary N) is 1. The molecule has 2 aromatic rings. The van der Waals surface area contributed by atoms with Crippen molar-refractivity contribution in [3.8, 4) is 5.75 Å². The molecule has 0 radical (unpaired) electrons. The van der Waals surface area contributed by atoms with Gasteiger partial charge in [0, 0.05) is 12.7 Å². The van der Waals surface area contributed by atoms with E-state index in [1.165, 1.54) is 18.3 Å². The lowest BCUT2D eigenvalue weighted by Gasteiger charge is -2.09. The molecule has 0 fully saturated rings. The van der Waals surface area contributed by atoms with Crippen LogP contribution in [-0.4, -0.2) is 37.1 Å². The highest BCUT2D eigenvalue weighted by Crippen LogP contribution is 2.17. The van der Waals surface area contributed by atoms with Crippen molar-refractivity contribution in [3.63, 3.8) is 0 Å². The molecule has 0 atom stereocenters. The van der Waals surface area contributed by atoms with Crippen LogP contribution in [0.15, 0.2) is 42.6 Å². The largest absolute Gasteiger partial charge is 0.496 e. The Balaban J connectivity index is 1.73. The summed E-state index contributed by atoms with van der Waals surface area (Å²) < 4.78 is 10.2. The van der Waals surface area contributed by atoms with Gasteiger partial charge in [0.1, 0.15) is 10.9 Å². The fourth-order valence-electron chi connectivity index (χ4n) is 2.01. The molecule has 6 nitrogen and oxygen atoms in total. The third-order valence-corrected chi connectivity index (χ3v) is 3.43. The zero-order valence-electron chi connectivity index (χ0n) is 13.1. The minimum Gasteiger partial charge on any atom is -0.496 e. The zero-order chi connectivity index (χ0) is 17.4. The molecule has 7 heteroatoms. The molecule has 0 unspecified atom stereocenters. The standard InChI is InChI=1S/C17H17ClN2O4/c1-23-14-5-3-2-4-12(14)8-9-19-16(21)11-24-17(22)13-6-7-15(18)20-10-13/h2-7,10H,8-9,11H2,1H3,(H,19,21). The third kappa shape index (κ3) is 5.24. The molecule has 0 bridgehead atoms. The summed E-state index contributed by atoms with van der Waals surface area (Å²) in [5.41, 5.74) is 1.23. The van der Waals surface area contributed by atoms with Gasteiger partial charge in [-0.15, -0.1) is 0 Å². The van der Waals surface area contributed by atoms with Crippen molar-refractivity contribution in [1.29, 1.82) is 0 Å². The van der Waals surface area contributed by atoms with Gasteiger partial charge in [0.05, 0.1) is 12.7 Å². The molecule has 0 saturated carbocycles. The van der Waals surface area contributed by atoms with Gasteiger partial charge in [-0.1, -0.05) is 29.8 Å². The summed E-state index contributed by atoms with van der Waals surface area (Å²) in [5, 5.41) is 2.97. The number of nitrogens with zero attached hydrogens (tertiary/aromatic N) is 1. The first-order valence-corrected chi connectivity index (χ1v) is 7.65. The summed E-state index contributed by atoms with van der Waals surface area (Å²) in [4.78, 5) is 27.2. The quantitative estimate of drug-likeness (QED) is 0.613. The molecule has 1 aromatic carbocycles. The normalized spacial score (nSPS) is 10.1. The summed E-state index contributed by atoms with van der Waals surface area (Å²) in [6, 6.07) is 10.5. The van der Waals surface area contributed by atoms with Gasteiger partial charge in [0.25, 0.3) is 5.91 Å². The van der Waals surface area contributed by atoms with Crippen LogP contribution >= 0.6 is 11.6 Å². The van der Waals surface area contributed by atoms with E-state index in [1.54, 1.807) is 7.11 Å². The fraction of sp³-hybridized carbons (Fsp3) is 0.235. The third-order valence-electron chi connectivity index (χ3n) is 3.21. The van der Waals surface area contributed by atoms with Crippen LogP contribution in [0, 0.1) is 0 Å². The first-order valence-electron chi connectivity index (χ1n) is 7.27. The molecular weight excluding hydrogens is 332 g/mol. The van der Waals surface area contributed by atoms with Gasteiger partial charge >= 0.3 is 5.97 Å². The van der Waals surface area contributed by atoms with Gasteiger partial charge in [-0.2, -0.15) is 0 Å². The molecule has 1 heterocycles. The number of esters is 1. The van der Waals surface area contributed by atoms with E-state index in [4.69, 9.17) is 21.1 Å². The monoisotopic (exact) mass is 348 g/mol. The van der Waals surface area contributed by atoms with Crippen LogP contribution in [0.2, 0.25) is 5.15 Å². The van der Waals surface area contributed by atoms with Crippen LogP contribution in [0.25, 0.3) is 0 Å². The molecule has 1 N–H and O–H groups in total. The predicted octanol–water partition coefficient (Wildman–Crippen LogP) is 2.26. The van der Waals surface area contributed by atoms with Crippen LogP contribution in [0.1, 0.15) is 15.9 Å². The second-order valence-electron chi connectivity index (χ2n) is 4.86. The number of aromatic nitrogens is 1. The van der Waals surface area contributed by atoms with E-state index in [2.05, 4.69) is 10.3 Å². The van der Waals surface area contributed by atoms with Crippen LogP contribution in [0.5, 0.6) is 5.75 Å². The molecule has 0 aliphatic rings. The minimum atomic E-state index is -0.626. The topological polar surface area (TPSA) is 77.5 Å². The highest BCUT2D eigenvalue weighted by molar-refractivity contribution is 6.29. The Kier molecular flexibility index (Phi) is 6.57. The van der Waals surface area contributed by atoms with Crippen molar-refractivity contribution in [3.05, 3.63) is 58.9 Å². The Morgan fingerprint density at radius 3 is 2.71 bits per heavy atom. The molecule has 0 spiro atoms. The van der Waals surface area contributed by atoms with E-state index in [9.17, 15) is 9.59 Å². The van der Waals surface area contributed by atoms with Gasteiger partial charge in [-0.25, -0.2) is 9.78 Å². The molecule has 24 heavy (non-hydrogen) atoms. The van der Waals surface area contributed by atoms with Crippen LogP contribution in [-0.2, 0) is 16.0 Å². The molecule has 0 aliphatic heterocycles. The van der Waals surface area contributed by atoms with E-state index < -0.39 is 5.97 Å². The van der Waals surface area contributed by atoms with E-state index in [-0.39, 0.29) is 23.2 Å². The number of hydrogen-bond donors (Lipinski definition) is 1. The average Bonchev–Trinajstić information content (AvgIpc) is 2.60. The van der Waals surface area contributed by atoms with E-state index >= 15 is 0 Å². The number of hydrogen-bond acceptors (Lipinski definition) is 5. The molecule has 0 saturated heterocycles. The maximum absolute atomic E-state index is 11.7. The summed E-state index contributed by atoms with van der Waals surface area (Å²) in [7, 11) is 1.60. The average molecular weight is 349 g/mol. The summed E-state index contributed by atoms with van der Waals surface area (Å²) in [6.45, 7) is 0.0621. The highest BCUT2D eigenvalue weighted by atomic mass is 35.5. The summed E-state index contributed by atoms with van der Waals surface area (Å²) >= 11 is 5.64. The Morgan fingerprint density at radius 1 is 1.21 bits per heavy atom. The van der Waals surface area contributed by atoms with Crippen molar-refractivity contribution in [2.45, 2.75) is 6.42 Å². The Labute approximate surface area is 144 Å². The first-order chi connectivity index (χ1) is 11.6.